The highest BCUT2D eigenvalue weighted by Gasteiger charge is 2.32. The molecule has 9 nitrogen and oxygen atoms in total. The largest absolute Gasteiger partial charge is 0.483 e. The second kappa shape index (κ2) is 6.99. The molecule has 1 aliphatic rings. The van der Waals surface area contributed by atoms with Crippen LogP contribution in [0.5, 0.6) is 17.4 Å². The third-order valence-electron chi connectivity index (χ3n) is 4.42. The molecule has 0 saturated heterocycles. The minimum absolute atomic E-state index is 0.123. The number of carbonyl (C=O) groups is 1. The molecule has 1 amide bonds. The summed E-state index contributed by atoms with van der Waals surface area (Å²) in [5, 5.41) is 10.9. The van der Waals surface area contributed by atoms with Gasteiger partial charge in [0.2, 0.25) is 5.65 Å². The highest BCUT2D eigenvalue weighted by atomic mass is 16.5. The summed E-state index contributed by atoms with van der Waals surface area (Å²) in [5.74, 6) is 1.95. The number of amides is 1. The Kier molecular flexibility index (Phi) is 4.50. The van der Waals surface area contributed by atoms with E-state index in [1.807, 2.05) is 26.0 Å². The lowest BCUT2D eigenvalue weighted by Gasteiger charge is -2.18. The molecule has 2 aromatic heterocycles. The van der Waals surface area contributed by atoms with Crippen LogP contribution in [-0.4, -0.2) is 44.8 Å². The molecule has 1 aromatic carbocycles. The molecule has 0 radical (unpaired) electrons. The number of nitrogens with zero attached hydrogens (tertiary/aromatic N) is 4. The molecule has 9 heteroatoms. The molecular formula is C19H21N5O4. The highest BCUT2D eigenvalue weighted by molar-refractivity contribution is 5.77. The van der Waals surface area contributed by atoms with Crippen molar-refractivity contribution >= 4 is 11.6 Å². The van der Waals surface area contributed by atoms with Crippen molar-refractivity contribution in [3.63, 3.8) is 0 Å². The molecule has 0 spiro atoms. The number of hydrogen-bond donors (Lipinski definition) is 1. The van der Waals surface area contributed by atoms with E-state index in [0.717, 1.165) is 12.0 Å². The summed E-state index contributed by atoms with van der Waals surface area (Å²) < 4.78 is 18.5. The Balaban J connectivity index is 1.37. The van der Waals surface area contributed by atoms with Crippen molar-refractivity contribution < 1.29 is 19.0 Å². The number of benzene rings is 1. The minimum atomic E-state index is -0.271. The standard InChI is InChI=1S/C19H21N5O4/c1-19(2)9-12-5-4-6-13(16(12)28-19)27-11-15(25)21-10-14-22-23-17-18(26-3)20-7-8-24(14)17/h4-8H,9-11H2,1-3H3,(H,21,25). The second-order valence-electron chi connectivity index (χ2n) is 7.09. The van der Waals surface area contributed by atoms with E-state index >= 15 is 0 Å². The third kappa shape index (κ3) is 3.42. The molecule has 1 aliphatic heterocycles. The molecule has 0 saturated carbocycles. The molecule has 146 valence electrons. The van der Waals surface area contributed by atoms with Gasteiger partial charge in [-0.2, -0.15) is 0 Å². The fraction of sp³-hybridized carbons (Fsp3) is 0.368. The molecule has 28 heavy (non-hydrogen) atoms. The first kappa shape index (κ1) is 18.0. The van der Waals surface area contributed by atoms with E-state index < -0.39 is 0 Å². The maximum absolute atomic E-state index is 12.2. The maximum Gasteiger partial charge on any atom is 0.260 e. The zero-order chi connectivity index (χ0) is 19.7. The molecular weight excluding hydrogens is 362 g/mol. The quantitative estimate of drug-likeness (QED) is 0.689. The Hall–Kier alpha value is -3.36. The molecule has 3 heterocycles. The van der Waals surface area contributed by atoms with Crippen molar-refractivity contribution in [2.45, 2.75) is 32.4 Å². The average Bonchev–Trinajstić information content (AvgIpc) is 3.23. The number of methoxy groups -OCH3 is 1. The number of para-hydroxylation sites is 1. The van der Waals surface area contributed by atoms with E-state index in [9.17, 15) is 4.79 Å². The SMILES string of the molecule is COc1nccn2c(CNC(=O)COc3cccc4c3OC(C)(C)C4)nnc12. The van der Waals surface area contributed by atoms with Crippen LogP contribution in [0.15, 0.2) is 30.6 Å². The molecule has 3 aromatic rings. The lowest BCUT2D eigenvalue weighted by molar-refractivity contribution is -0.123. The van der Waals surface area contributed by atoms with E-state index in [1.165, 1.54) is 7.11 Å². The van der Waals surface area contributed by atoms with Crippen molar-refractivity contribution in [3.8, 4) is 17.4 Å². The van der Waals surface area contributed by atoms with E-state index in [4.69, 9.17) is 14.2 Å². The smallest absolute Gasteiger partial charge is 0.260 e. The average molecular weight is 383 g/mol. The number of ether oxygens (including phenoxy) is 3. The number of rotatable bonds is 6. The molecule has 4 rings (SSSR count). The van der Waals surface area contributed by atoms with Gasteiger partial charge < -0.3 is 19.5 Å². The number of carbonyl (C=O) groups excluding carboxylic acids is 1. The van der Waals surface area contributed by atoms with Crippen LogP contribution in [0.2, 0.25) is 0 Å². The van der Waals surface area contributed by atoms with Crippen molar-refractivity contribution in [1.82, 2.24) is 24.9 Å². The fourth-order valence-corrected chi connectivity index (χ4v) is 3.19. The molecule has 0 unspecified atom stereocenters. The summed E-state index contributed by atoms with van der Waals surface area (Å²) in [7, 11) is 1.51. The fourth-order valence-electron chi connectivity index (χ4n) is 3.19. The van der Waals surface area contributed by atoms with Crippen molar-refractivity contribution in [2.24, 2.45) is 0 Å². The molecule has 0 aliphatic carbocycles. The van der Waals surface area contributed by atoms with Crippen LogP contribution in [0.1, 0.15) is 25.2 Å². The Morgan fingerprint density at radius 2 is 2.21 bits per heavy atom. The van der Waals surface area contributed by atoms with Gasteiger partial charge in [0.05, 0.1) is 13.7 Å². The van der Waals surface area contributed by atoms with Gasteiger partial charge in [-0.1, -0.05) is 12.1 Å². The summed E-state index contributed by atoms with van der Waals surface area (Å²) in [5.41, 5.74) is 1.31. The van der Waals surface area contributed by atoms with Gasteiger partial charge in [-0.05, 0) is 19.9 Å². The van der Waals surface area contributed by atoms with Crippen molar-refractivity contribution in [1.29, 1.82) is 0 Å². The third-order valence-corrected chi connectivity index (χ3v) is 4.42. The van der Waals surface area contributed by atoms with Crippen LogP contribution in [0.4, 0.5) is 0 Å². The zero-order valence-electron chi connectivity index (χ0n) is 15.9. The van der Waals surface area contributed by atoms with Gasteiger partial charge in [-0.15, -0.1) is 10.2 Å². The van der Waals surface area contributed by atoms with E-state index in [2.05, 4.69) is 20.5 Å². The van der Waals surface area contributed by atoms with Gasteiger partial charge in [0.15, 0.2) is 23.9 Å². The Morgan fingerprint density at radius 1 is 1.36 bits per heavy atom. The normalized spacial score (nSPS) is 14.4. The number of aromatic nitrogens is 4. The van der Waals surface area contributed by atoms with Crippen LogP contribution >= 0.6 is 0 Å². The number of fused-ring (bicyclic) bond motifs is 2. The van der Waals surface area contributed by atoms with Gasteiger partial charge >= 0.3 is 0 Å². The number of hydrogen-bond acceptors (Lipinski definition) is 7. The lowest BCUT2D eigenvalue weighted by atomic mass is 10.0. The van der Waals surface area contributed by atoms with Gasteiger partial charge in [-0.25, -0.2) is 4.98 Å². The Morgan fingerprint density at radius 3 is 3.04 bits per heavy atom. The summed E-state index contributed by atoms with van der Waals surface area (Å²) in [6.45, 7) is 4.13. The lowest BCUT2D eigenvalue weighted by Crippen LogP contribution is -2.29. The van der Waals surface area contributed by atoms with E-state index in [1.54, 1.807) is 22.9 Å². The van der Waals surface area contributed by atoms with E-state index in [-0.39, 0.29) is 24.7 Å². The van der Waals surface area contributed by atoms with Crippen LogP contribution < -0.4 is 19.5 Å². The summed E-state index contributed by atoms with van der Waals surface area (Å²) in [6, 6.07) is 5.72. The Labute approximate surface area is 161 Å². The predicted octanol–water partition coefficient (Wildman–Crippen LogP) is 1.54. The van der Waals surface area contributed by atoms with Crippen LogP contribution in [0.25, 0.3) is 5.65 Å². The van der Waals surface area contributed by atoms with Gasteiger partial charge in [0, 0.05) is 24.4 Å². The Bertz CT molecular complexity index is 1030. The van der Waals surface area contributed by atoms with Crippen LogP contribution in [-0.2, 0) is 17.8 Å². The molecule has 1 N–H and O–H groups in total. The van der Waals surface area contributed by atoms with Crippen LogP contribution in [0.3, 0.4) is 0 Å². The number of nitrogens with one attached hydrogen (secondary N) is 1. The van der Waals surface area contributed by atoms with Crippen molar-refractivity contribution in [2.75, 3.05) is 13.7 Å². The van der Waals surface area contributed by atoms with Gasteiger partial charge in [0.25, 0.3) is 11.8 Å². The molecule has 0 fully saturated rings. The molecule has 0 atom stereocenters. The first-order chi connectivity index (χ1) is 13.5. The second-order valence-corrected chi connectivity index (χ2v) is 7.09. The topological polar surface area (TPSA) is 99.9 Å². The minimum Gasteiger partial charge on any atom is -0.483 e. The monoisotopic (exact) mass is 383 g/mol. The summed E-state index contributed by atoms with van der Waals surface area (Å²) in [4.78, 5) is 16.3. The predicted molar refractivity (Wildman–Crippen MR) is 99.5 cm³/mol. The summed E-state index contributed by atoms with van der Waals surface area (Å²) >= 11 is 0. The highest BCUT2D eigenvalue weighted by Crippen LogP contribution is 2.41. The van der Waals surface area contributed by atoms with Gasteiger partial charge in [-0.3, -0.25) is 9.20 Å². The summed E-state index contributed by atoms with van der Waals surface area (Å²) in [6.07, 6.45) is 4.10. The first-order valence-corrected chi connectivity index (χ1v) is 8.90. The van der Waals surface area contributed by atoms with Crippen molar-refractivity contribution in [3.05, 3.63) is 42.0 Å². The first-order valence-electron chi connectivity index (χ1n) is 8.90. The zero-order valence-corrected chi connectivity index (χ0v) is 15.9. The molecule has 0 bridgehead atoms. The van der Waals surface area contributed by atoms with E-state index in [0.29, 0.717) is 28.9 Å². The van der Waals surface area contributed by atoms with Gasteiger partial charge in [0.1, 0.15) is 5.60 Å². The van der Waals surface area contributed by atoms with Crippen LogP contribution in [0, 0.1) is 0 Å². The maximum atomic E-state index is 12.2.